The third-order valence-corrected chi connectivity index (χ3v) is 11.9. The fraction of sp³-hybridized carbons (Fsp3) is 0.196. The average Bonchev–Trinajstić information content (AvgIpc) is 3.75. The summed E-state index contributed by atoms with van der Waals surface area (Å²) in [5, 5.41) is 2.64. The molecule has 49 heavy (non-hydrogen) atoms. The maximum absolute atomic E-state index is 5.45. The van der Waals surface area contributed by atoms with Crippen LogP contribution in [-0.4, -0.2) is 9.55 Å². The van der Waals surface area contributed by atoms with Gasteiger partial charge in [-0.3, -0.25) is 4.57 Å². The van der Waals surface area contributed by atoms with Gasteiger partial charge in [0.25, 0.3) is 0 Å². The van der Waals surface area contributed by atoms with Crippen molar-refractivity contribution >= 4 is 42.5 Å². The number of aromatic nitrogens is 2. The Hall–Kier alpha value is -4.99. The molecule has 1 aliphatic rings. The number of hydrogen-bond donors (Lipinski definition) is 0. The number of rotatable bonds is 5. The highest BCUT2D eigenvalue weighted by molar-refractivity contribution is 7.26. The highest BCUT2D eigenvalue weighted by Gasteiger charge is 2.36. The van der Waals surface area contributed by atoms with Crippen LogP contribution in [-0.2, 0) is 5.41 Å². The SMILES string of the molecule is CC(C)c1cc(-c2ccccc2)cc(C(C)C)c1-n1c(-c2cccc3c2sc2cc4c(cc23)C(C)(C)c2ccccc2-4)nc2ccccc21. The van der Waals surface area contributed by atoms with Gasteiger partial charge in [0.1, 0.15) is 5.82 Å². The van der Waals surface area contributed by atoms with E-state index in [-0.39, 0.29) is 5.41 Å². The summed E-state index contributed by atoms with van der Waals surface area (Å²) in [5.41, 5.74) is 15.4. The molecular formula is C46H40N2S. The molecule has 0 N–H and O–H groups in total. The Morgan fingerprint density at radius 2 is 1.27 bits per heavy atom. The first-order chi connectivity index (χ1) is 23.7. The molecular weight excluding hydrogens is 613 g/mol. The first kappa shape index (κ1) is 30.1. The van der Waals surface area contributed by atoms with Crippen molar-refractivity contribution < 1.29 is 0 Å². The molecule has 9 rings (SSSR count). The predicted octanol–water partition coefficient (Wildman–Crippen LogP) is 13.3. The van der Waals surface area contributed by atoms with Crippen LogP contribution in [0.15, 0.2) is 121 Å². The Bertz CT molecular complexity index is 2550. The van der Waals surface area contributed by atoms with Crippen LogP contribution in [0.2, 0.25) is 0 Å². The van der Waals surface area contributed by atoms with E-state index < -0.39 is 0 Å². The molecule has 0 saturated carbocycles. The van der Waals surface area contributed by atoms with Crippen molar-refractivity contribution in [1.29, 1.82) is 0 Å². The van der Waals surface area contributed by atoms with E-state index in [1.807, 2.05) is 11.3 Å². The van der Waals surface area contributed by atoms with Crippen LogP contribution >= 0.6 is 11.3 Å². The zero-order chi connectivity index (χ0) is 33.6. The number of thiophene rings is 1. The van der Waals surface area contributed by atoms with Crippen molar-refractivity contribution in [2.45, 2.75) is 58.8 Å². The van der Waals surface area contributed by atoms with Crippen LogP contribution in [0.25, 0.3) is 70.5 Å². The molecule has 0 aliphatic heterocycles. The molecule has 240 valence electrons. The van der Waals surface area contributed by atoms with Crippen LogP contribution in [0.4, 0.5) is 0 Å². The quantitative estimate of drug-likeness (QED) is 0.181. The Balaban J connectivity index is 1.33. The van der Waals surface area contributed by atoms with Gasteiger partial charge in [0.15, 0.2) is 0 Å². The molecule has 1 aliphatic carbocycles. The first-order valence-electron chi connectivity index (χ1n) is 17.5. The minimum atomic E-state index is -0.0353. The third kappa shape index (κ3) is 4.48. The molecule has 0 fully saturated rings. The standard InChI is InChI=1S/C46H40N2S/c1-27(2)34-23-30(29-15-8-7-9-16-29)24-35(28(3)4)43(34)48-41-22-13-12-21-40(41)47-45(48)33-19-14-18-32-37-25-39-36(26-42(37)49-44(32)33)31-17-10-11-20-38(31)46(39,5)6/h7-28H,1-6H3. The molecule has 6 aromatic carbocycles. The van der Waals surface area contributed by atoms with Crippen molar-refractivity contribution in [3.63, 3.8) is 0 Å². The maximum Gasteiger partial charge on any atom is 0.147 e. The molecule has 0 atom stereocenters. The summed E-state index contributed by atoms with van der Waals surface area (Å²) >= 11 is 1.91. The van der Waals surface area contributed by atoms with Crippen molar-refractivity contribution in [2.75, 3.05) is 0 Å². The topological polar surface area (TPSA) is 17.8 Å². The Morgan fingerprint density at radius 3 is 2.02 bits per heavy atom. The van der Waals surface area contributed by atoms with Crippen LogP contribution in [0, 0.1) is 0 Å². The highest BCUT2D eigenvalue weighted by atomic mass is 32.1. The second-order valence-electron chi connectivity index (χ2n) is 14.8. The van der Waals surface area contributed by atoms with Crippen molar-refractivity contribution in [3.05, 3.63) is 144 Å². The zero-order valence-electron chi connectivity index (χ0n) is 29.0. The van der Waals surface area contributed by atoms with Crippen molar-refractivity contribution in [3.8, 4) is 39.3 Å². The predicted molar refractivity (Wildman–Crippen MR) is 211 cm³/mol. The summed E-state index contributed by atoms with van der Waals surface area (Å²) in [6, 6.07) is 45.0. The number of imidazole rings is 1. The Labute approximate surface area is 292 Å². The number of para-hydroxylation sites is 2. The Kier molecular flexibility index (Phi) is 6.77. The van der Waals surface area contributed by atoms with Crippen LogP contribution in [0.5, 0.6) is 0 Å². The summed E-state index contributed by atoms with van der Waals surface area (Å²) in [6.45, 7) is 14.0. The summed E-state index contributed by atoms with van der Waals surface area (Å²) in [5.74, 6) is 1.64. The molecule has 2 nitrogen and oxygen atoms in total. The minimum Gasteiger partial charge on any atom is -0.292 e. The number of nitrogens with zero attached hydrogens (tertiary/aromatic N) is 2. The summed E-state index contributed by atoms with van der Waals surface area (Å²) in [4.78, 5) is 5.45. The lowest BCUT2D eigenvalue weighted by Crippen LogP contribution is -2.14. The second-order valence-corrected chi connectivity index (χ2v) is 15.8. The molecule has 0 saturated heterocycles. The van der Waals surface area contributed by atoms with Gasteiger partial charge in [-0.1, -0.05) is 120 Å². The molecule has 2 heterocycles. The van der Waals surface area contributed by atoms with Gasteiger partial charge in [-0.15, -0.1) is 11.3 Å². The molecule has 0 radical (unpaired) electrons. The molecule has 0 spiro atoms. The van der Waals surface area contributed by atoms with E-state index in [1.165, 1.54) is 75.9 Å². The van der Waals surface area contributed by atoms with E-state index >= 15 is 0 Å². The van der Waals surface area contributed by atoms with E-state index in [9.17, 15) is 0 Å². The highest BCUT2D eigenvalue weighted by Crippen LogP contribution is 2.52. The molecule has 2 aromatic heterocycles. The Morgan fingerprint density at radius 1 is 0.592 bits per heavy atom. The maximum atomic E-state index is 5.45. The number of fused-ring (bicyclic) bond motifs is 7. The lowest BCUT2D eigenvalue weighted by atomic mass is 9.82. The average molecular weight is 653 g/mol. The summed E-state index contributed by atoms with van der Waals surface area (Å²) in [6.07, 6.45) is 0. The van der Waals surface area contributed by atoms with Gasteiger partial charge in [0, 0.05) is 31.2 Å². The fourth-order valence-electron chi connectivity index (χ4n) is 8.22. The third-order valence-electron chi connectivity index (χ3n) is 10.7. The van der Waals surface area contributed by atoms with Gasteiger partial charge in [-0.25, -0.2) is 4.98 Å². The van der Waals surface area contributed by atoms with Gasteiger partial charge >= 0.3 is 0 Å². The van der Waals surface area contributed by atoms with E-state index in [0.717, 1.165) is 16.9 Å². The zero-order valence-corrected chi connectivity index (χ0v) is 29.8. The molecule has 0 amide bonds. The molecule has 3 heteroatoms. The summed E-state index contributed by atoms with van der Waals surface area (Å²) < 4.78 is 5.10. The smallest absolute Gasteiger partial charge is 0.147 e. The van der Waals surface area contributed by atoms with Crippen LogP contribution < -0.4 is 0 Å². The number of benzene rings is 6. The van der Waals surface area contributed by atoms with E-state index in [1.54, 1.807) is 0 Å². The fourth-order valence-corrected chi connectivity index (χ4v) is 9.45. The monoisotopic (exact) mass is 652 g/mol. The van der Waals surface area contributed by atoms with Crippen molar-refractivity contribution in [1.82, 2.24) is 9.55 Å². The van der Waals surface area contributed by atoms with E-state index in [2.05, 4.69) is 167 Å². The first-order valence-corrected chi connectivity index (χ1v) is 18.3. The van der Waals surface area contributed by atoms with Gasteiger partial charge < -0.3 is 0 Å². The van der Waals surface area contributed by atoms with Gasteiger partial charge in [-0.05, 0) is 98.8 Å². The second kappa shape index (κ2) is 11.0. The molecule has 8 aromatic rings. The molecule has 0 unspecified atom stereocenters. The minimum absolute atomic E-state index is 0.0353. The van der Waals surface area contributed by atoms with Crippen molar-refractivity contribution in [2.24, 2.45) is 0 Å². The largest absolute Gasteiger partial charge is 0.292 e. The van der Waals surface area contributed by atoms with Gasteiger partial charge in [0.05, 0.1) is 16.7 Å². The van der Waals surface area contributed by atoms with Gasteiger partial charge in [-0.2, -0.15) is 0 Å². The molecule has 0 bridgehead atoms. The lowest BCUT2D eigenvalue weighted by molar-refractivity contribution is 0.661. The lowest BCUT2D eigenvalue weighted by Gasteiger charge is -2.24. The van der Waals surface area contributed by atoms with E-state index in [0.29, 0.717) is 11.8 Å². The normalized spacial score (nSPS) is 13.6. The number of hydrogen-bond acceptors (Lipinski definition) is 2. The summed E-state index contributed by atoms with van der Waals surface area (Å²) in [7, 11) is 0. The van der Waals surface area contributed by atoms with Crippen LogP contribution in [0.3, 0.4) is 0 Å². The van der Waals surface area contributed by atoms with E-state index in [4.69, 9.17) is 4.98 Å². The van der Waals surface area contributed by atoms with Gasteiger partial charge in [0.2, 0.25) is 0 Å². The van der Waals surface area contributed by atoms with Crippen LogP contribution in [0.1, 0.15) is 75.6 Å².